The van der Waals surface area contributed by atoms with Crippen LogP contribution >= 0.6 is 11.6 Å². The minimum Gasteiger partial charge on any atom is -0.493 e. The van der Waals surface area contributed by atoms with Crippen LogP contribution in [-0.4, -0.2) is 30.7 Å². The van der Waals surface area contributed by atoms with E-state index < -0.39 is 5.60 Å². The summed E-state index contributed by atoms with van der Waals surface area (Å²) in [7, 11) is 0. The van der Waals surface area contributed by atoms with Crippen LogP contribution in [0.2, 0.25) is 0 Å². The highest BCUT2D eigenvalue weighted by molar-refractivity contribution is 6.19. The van der Waals surface area contributed by atoms with Crippen molar-refractivity contribution in [1.29, 1.82) is 0 Å². The fourth-order valence-electron chi connectivity index (χ4n) is 3.47. The molecule has 2 aromatic carbocycles. The first-order valence-corrected chi connectivity index (χ1v) is 10.1. The number of amides is 1. The average molecular weight is 390 g/mol. The van der Waals surface area contributed by atoms with Gasteiger partial charge >= 0.3 is 6.09 Å². The zero-order valence-corrected chi connectivity index (χ0v) is 17.3. The lowest BCUT2D eigenvalue weighted by Gasteiger charge is -2.25. The van der Waals surface area contributed by atoms with Gasteiger partial charge in [0.1, 0.15) is 11.4 Å². The van der Waals surface area contributed by atoms with Crippen LogP contribution < -0.4 is 9.64 Å². The highest BCUT2D eigenvalue weighted by Gasteiger charge is 2.36. The monoisotopic (exact) mass is 389 g/mol. The van der Waals surface area contributed by atoms with Gasteiger partial charge in [-0.15, -0.1) is 11.6 Å². The van der Waals surface area contributed by atoms with Crippen LogP contribution in [0.4, 0.5) is 10.5 Å². The number of hydrogen-bond donors (Lipinski definition) is 0. The van der Waals surface area contributed by atoms with Gasteiger partial charge < -0.3 is 9.47 Å². The molecule has 0 radical (unpaired) electrons. The van der Waals surface area contributed by atoms with Gasteiger partial charge in [0.25, 0.3) is 0 Å². The number of benzene rings is 2. The Morgan fingerprint density at radius 1 is 1.26 bits per heavy atom. The molecule has 2 aromatic rings. The van der Waals surface area contributed by atoms with Gasteiger partial charge in [-0.05, 0) is 38.1 Å². The first-order valence-electron chi connectivity index (χ1n) is 9.60. The molecule has 0 aliphatic carbocycles. The summed E-state index contributed by atoms with van der Waals surface area (Å²) >= 11 is 6.27. The number of alkyl halides is 1. The van der Waals surface area contributed by atoms with Gasteiger partial charge in [-0.25, -0.2) is 4.79 Å². The van der Waals surface area contributed by atoms with Crippen LogP contribution in [0, 0.1) is 0 Å². The Balaban J connectivity index is 2.08. The van der Waals surface area contributed by atoms with Crippen molar-refractivity contribution < 1.29 is 14.3 Å². The first kappa shape index (κ1) is 19.8. The standard InChI is InChI=1S/C22H28ClNO3/c1-5-6-11-26-19-12-18-20(17-10-8-7-9-16(17)19)15(13-23)14-24(18)21(25)27-22(2,3)4/h7-10,12,15H,5-6,11,13-14H2,1-4H3/t15-/m1/s1. The van der Waals surface area contributed by atoms with E-state index in [1.165, 1.54) is 0 Å². The topological polar surface area (TPSA) is 38.8 Å². The Kier molecular flexibility index (Phi) is 5.85. The number of carbonyl (C=O) groups excluding carboxylic acids is 1. The molecule has 1 aliphatic heterocycles. The van der Waals surface area contributed by atoms with Gasteiger partial charge in [0.05, 0.1) is 12.3 Å². The predicted octanol–water partition coefficient (Wildman–Crippen LogP) is 6.10. The largest absolute Gasteiger partial charge is 0.493 e. The predicted molar refractivity (Wildman–Crippen MR) is 111 cm³/mol. The number of unbranched alkanes of at least 4 members (excludes halogenated alkanes) is 1. The molecule has 0 unspecified atom stereocenters. The maximum Gasteiger partial charge on any atom is 0.414 e. The van der Waals surface area contributed by atoms with Crippen LogP contribution in [0.5, 0.6) is 5.75 Å². The molecule has 27 heavy (non-hydrogen) atoms. The molecule has 0 saturated heterocycles. The molecule has 1 amide bonds. The summed E-state index contributed by atoms with van der Waals surface area (Å²) in [4.78, 5) is 14.5. The number of ether oxygens (including phenoxy) is 2. The number of rotatable bonds is 5. The van der Waals surface area contributed by atoms with Crippen molar-refractivity contribution in [2.24, 2.45) is 0 Å². The summed E-state index contributed by atoms with van der Waals surface area (Å²) in [5, 5.41) is 2.16. The van der Waals surface area contributed by atoms with Crippen molar-refractivity contribution in [3.05, 3.63) is 35.9 Å². The molecule has 0 spiro atoms. The molecule has 3 rings (SSSR count). The quantitative estimate of drug-likeness (QED) is 0.458. The summed E-state index contributed by atoms with van der Waals surface area (Å²) in [6.45, 7) is 8.95. The highest BCUT2D eigenvalue weighted by Crippen LogP contribution is 2.45. The summed E-state index contributed by atoms with van der Waals surface area (Å²) < 4.78 is 11.7. The lowest BCUT2D eigenvalue weighted by atomic mass is 9.95. The van der Waals surface area contributed by atoms with Crippen molar-refractivity contribution in [2.75, 3.05) is 23.9 Å². The number of halogens is 1. The third kappa shape index (κ3) is 4.16. The van der Waals surface area contributed by atoms with Crippen LogP contribution in [0.1, 0.15) is 52.0 Å². The summed E-state index contributed by atoms with van der Waals surface area (Å²) in [5.74, 6) is 1.33. The maximum absolute atomic E-state index is 12.8. The molecule has 1 aliphatic rings. The van der Waals surface area contributed by atoms with Crippen molar-refractivity contribution in [2.45, 2.75) is 52.1 Å². The Morgan fingerprint density at radius 3 is 2.59 bits per heavy atom. The Morgan fingerprint density at radius 2 is 1.96 bits per heavy atom. The van der Waals surface area contributed by atoms with Gasteiger partial charge in [-0.3, -0.25) is 4.90 Å². The van der Waals surface area contributed by atoms with Crippen LogP contribution in [0.15, 0.2) is 30.3 Å². The molecule has 1 heterocycles. The van der Waals surface area contributed by atoms with Crippen LogP contribution in [0.3, 0.4) is 0 Å². The Hall–Kier alpha value is -1.94. The second-order valence-corrected chi connectivity index (χ2v) is 8.31. The van der Waals surface area contributed by atoms with Crippen LogP contribution in [0.25, 0.3) is 10.8 Å². The van der Waals surface area contributed by atoms with Crippen molar-refractivity contribution >= 4 is 34.2 Å². The van der Waals surface area contributed by atoms with E-state index in [4.69, 9.17) is 21.1 Å². The summed E-state index contributed by atoms with van der Waals surface area (Å²) in [5.41, 5.74) is 1.41. The van der Waals surface area contributed by atoms with E-state index in [0.717, 1.165) is 40.6 Å². The SMILES string of the molecule is CCCCOc1cc2c(c3ccccc13)[C@H](CCl)CN2C(=O)OC(C)(C)C. The smallest absolute Gasteiger partial charge is 0.414 e. The zero-order valence-electron chi connectivity index (χ0n) is 16.5. The molecular formula is C22H28ClNO3. The van der Waals surface area contributed by atoms with Crippen LogP contribution in [-0.2, 0) is 4.74 Å². The number of anilines is 1. The minimum atomic E-state index is -0.548. The fraction of sp³-hybridized carbons (Fsp3) is 0.500. The zero-order chi connectivity index (χ0) is 19.6. The van der Waals surface area contributed by atoms with E-state index in [0.29, 0.717) is 19.0 Å². The summed E-state index contributed by atoms with van der Waals surface area (Å²) in [6, 6.07) is 10.2. The normalized spacial score (nSPS) is 16.5. The van der Waals surface area contributed by atoms with E-state index in [1.54, 1.807) is 4.90 Å². The summed E-state index contributed by atoms with van der Waals surface area (Å²) in [6.07, 6.45) is 1.72. The van der Waals surface area contributed by atoms with E-state index in [2.05, 4.69) is 19.1 Å². The lowest BCUT2D eigenvalue weighted by molar-refractivity contribution is 0.0582. The number of fused-ring (bicyclic) bond motifs is 3. The van der Waals surface area contributed by atoms with Crippen molar-refractivity contribution in [3.8, 4) is 5.75 Å². The van der Waals surface area contributed by atoms with E-state index in [-0.39, 0.29) is 12.0 Å². The maximum atomic E-state index is 12.8. The van der Waals surface area contributed by atoms with Gasteiger partial charge in [0.2, 0.25) is 0 Å². The molecule has 5 heteroatoms. The van der Waals surface area contributed by atoms with Gasteiger partial charge in [0.15, 0.2) is 0 Å². The van der Waals surface area contributed by atoms with Crippen molar-refractivity contribution in [3.63, 3.8) is 0 Å². The molecule has 4 nitrogen and oxygen atoms in total. The fourth-order valence-corrected chi connectivity index (χ4v) is 3.73. The van der Waals surface area contributed by atoms with Gasteiger partial charge in [0, 0.05) is 29.8 Å². The average Bonchev–Trinajstić information content (AvgIpc) is 2.99. The highest BCUT2D eigenvalue weighted by atomic mass is 35.5. The van der Waals surface area contributed by atoms with E-state index in [9.17, 15) is 4.79 Å². The van der Waals surface area contributed by atoms with E-state index >= 15 is 0 Å². The number of hydrogen-bond acceptors (Lipinski definition) is 3. The van der Waals surface area contributed by atoms with E-state index in [1.807, 2.05) is 39.0 Å². The second-order valence-electron chi connectivity index (χ2n) is 8.00. The number of carbonyl (C=O) groups is 1. The lowest BCUT2D eigenvalue weighted by Crippen LogP contribution is -2.36. The molecule has 146 valence electrons. The molecule has 1 atom stereocenters. The third-order valence-electron chi connectivity index (χ3n) is 4.68. The first-order chi connectivity index (χ1) is 12.9. The molecule has 0 N–H and O–H groups in total. The van der Waals surface area contributed by atoms with Gasteiger partial charge in [-0.2, -0.15) is 0 Å². The third-order valence-corrected chi connectivity index (χ3v) is 5.06. The molecular weight excluding hydrogens is 362 g/mol. The minimum absolute atomic E-state index is 0.0729. The Bertz CT molecular complexity index is 828. The van der Waals surface area contributed by atoms with Gasteiger partial charge in [-0.1, -0.05) is 37.6 Å². The second kappa shape index (κ2) is 7.97. The molecule has 0 saturated carbocycles. The number of nitrogens with zero attached hydrogens (tertiary/aromatic N) is 1. The Labute approximate surface area is 166 Å². The molecule has 0 bridgehead atoms. The molecule has 0 aromatic heterocycles. The molecule has 0 fully saturated rings. The van der Waals surface area contributed by atoms with Crippen molar-refractivity contribution in [1.82, 2.24) is 0 Å².